The minimum absolute atomic E-state index is 0.206. The number of thioether (sulfide) groups is 8. The van der Waals surface area contributed by atoms with Crippen molar-refractivity contribution in [2.75, 3.05) is 0 Å². The molecule has 14 aromatic rings. The molecule has 4 aromatic heterocycles. The smallest absolute Gasteiger partial charge is 0.284 e. The van der Waals surface area contributed by atoms with Gasteiger partial charge >= 0.3 is 0 Å². The Morgan fingerprint density at radius 3 is 0.521 bits per heavy atom. The lowest BCUT2D eigenvalue weighted by Crippen LogP contribution is -2.13. The predicted octanol–water partition coefficient (Wildman–Crippen LogP) is 40.0. The first-order valence-corrected chi connectivity index (χ1v) is 60.2. The summed E-state index contributed by atoms with van der Waals surface area (Å²) >= 11 is 14.6. The fraction of sp³-hybridized carbons (Fsp3) is 0.400. The van der Waals surface area contributed by atoms with Crippen molar-refractivity contribution in [2.45, 2.75) is 347 Å². The number of hydrogen-bond acceptors (Lipinski definition) is 24. The van der Waals surface area contributed by atoms with Crippen LogP contribution < -0.4 is 37.9 Å². The Morgan fingerprint density at radius 1 is 0.174 bits per heavy atom. The third-order valence-electron chi connectivity index (χ3n) is 29.6. The van der Waals surface area contributed by atoms with Crippen LogP contribution in [0.5, 0.6) is 93.0 Å². The Morgan fingerprint density at radius 2 is 0.333 bits per heavy atom. The normalized spacial score (nSPS) is 16.6. The van der Waals surface area contributed by atoms with Crippen LogP contribution in [0.15, 0.2) is 226 Å². The second-order valence-corrected chi connectivity index (χ2v) is 49.4. The van der Waals surface area contributed by atoms with Crippen molar-refractivity contribution in [3.63, 3.8) is 0 Å². The first-order chi connectivity index (χ1) is 71.1. The molecule has 8 bridgehead atoms. The van der Waals surface area contributed by atoms with Gasteiger partial charge in [0.05, 0.1) is 61.1 Å². The topological polar surface area (TPSA) is 177 Å². The van der Waals surface area contributed by atoms with Crippen molar-refractivity contribution in [3.8, 4) is 93.0 Å². The van der Waals surface area contributed by atoms with Crippen LogP contribution >= 0.6 is 94.1 Å². The summed E-state index contributed by atoms with van der Waals surface area (Å²) in [5.41, 5.74) is 13.1. The SMILES string of the molecule is CCCCCCCCCCCC1c2cc3c4cc2Oc2nc5ccccc5nc2Oc2cc5c(cc21)C(CCCCCCCCCCC)c1cc2c(cc1Oc1nc6cc7c(cc6nc1O5)SC(=C1Sc5ccccc5S1)S7)Oc1nc5ccccc5nc1Oc1cc(c(cc1C2CCCCCCCCCCC)C3CCCCCCCCCCC)Oc1nc2cc3c(cc2nc1O4)SC(=C1Sc2ccccc2S1)S3. The van der Waals surface area contributed by atoms with Crippen molar-refractivity contribution in [3.05, 3.63) is 231 Å². The number of fused-ring (bicyclic) bond motifs is 12. The number of ether oxygens (including phenoxy) is 8. The number of hydrogen-bond donors (Lipinski definition) is 0. The molecule has 0 amide bonds. The second-order valence-electron chi connectivity index (χ2n) is 40.0. The molecule has 144 heavy (non-hydrogen) atoms. The van der Waals surface area contributed by atoms with Gasteiger partial charge in [-0.3, -0.25) is 0 Å². The van der Waals surface area contributed by atoms with Gasteiger partial charge in [0.25, 0.3) is 47.0 Å². The summed E-state index contributed by atoms with van der Waals surface area (Å²) in [6.45, 7) is 9.22. The van der Waals surface area contributed by atoms with Crippen LogP contribution in [0, 0.1) is 0 Å². The Kier molecular flexibility index (Phi) is 30.9. The molecule has 0 unspecified atom stereocenters. The second kappa shape index (κ2) is 45.5. The van der Waals surface area contributed by atoms with E-state index in [4.69, 9.17) is 77.8 Å². The molecule has 0 saturated heterocycles. The van der Waals surface area contributed by atoms with E-state index in [-0.39, 0.29) is 47.0 Å². The number of para-hydroxylation sites is 4. The first kappa shape index (κ1) is 97.6. The Bertz CT molecular complexity index is 6450. The van der Waals surface area contributed by atoms with E-state index in [0.717, 1.165) is 167 Å². The minimum atomic E-state index is -0.395. The molecule has 0 fully saturated rings. The van der Waals surface area contributed by atoms with Crippen molar-refractivity contribution >= 4 is 138 Å². The molecule has 0 spiro atoms. The summed E-state index contributed by atoms with van der Waals surface area (Å²) in [7, 11) is 0. The lowest BCUT2D eigenvalue weighted by Gasteiger charge is -2.30. The lowest BCUT2D eigenvalue weighted by molar-refractivity contribution is 0.377. The molecule has 0 saturated carbocycles. The summed E-state index contributed by atoms with van der Waals surface area (Å²) in [6, 6.07) is 60.7. The highest BCUT2D eigenvalue weighted by Crippen LogP contribution is 2.66. The summed E-state index contributed by atoms with van der Waals surface area (Å²) in [5.74, 6) is 4.64. The van der Waals surface area contributed by atoms with Crippen LogP contribution in [-0.4, -0.2) is 39.9 Å². The summed E-state index contributed by atoms with van der Waals surface area (Å²) < 4.78 is 68.1. The van der Waals surface area contributed by atoms with E-state index in [0.29, 0.717) is 90.1 Å². The van der Waals surface area contributed by atoms with Crippen LogP contribution in [0.3, 0.4) is 0 Å². The molecule has 0 radical (unpaired) electrons. The molecule has 10 aromatic carbocycles. The van der Waals surface area contributed by atoms with Crippen LogP contribution in [0.4, 0.5) is 0 Å². The lowest BCUT2D eigenvalue weighted by atomic mass is 9.76. The maximum Gasteiger partial charge on any atom is 0.284 e. The zero-order valence-corrected chi connectivity index (χ0v) is 89.4. The van der Waals surface area contributed by atoms with Gasteiger partial charge in [-0.25, -0.2) is 39.9 Å². The zero-order valence-electron chi connectivity index (χ0n) is 82.9. The predicted molar refractivity (Wildman–Crippen MR) is 593 cm³/mol. The van der Waals surface area contributed by atoms with E-state index in [9.17, 15) is 0 Å². The van der Waals surface area contributed by atoms with Gasteiger partial charge in [-0.05, 0) is 123 Å². The fourth-order valence-electron chi connectivity index (χ4n) is 22.0. The van der Waals surface area contributed by atoms with Gasteiger partial charge in [0.2, 0.25) is 0 Å². The molecule has 16 nitrogen and oxygen atoms in total. The first-order valence-electron chi connectivity index (χ1n) is 53.6. The highest BCUT2D eigenvalue weighted by molar-refractivity contribution is 8.31. The maximum atomic E-state index is 7.94. The zero-order chi connectivity index (χ0) is 96.8. The van der Waals surface area contributed by atoms with Crippen molar-refractivity contribution in [1.82, 2.24) is 39.9 Å². The molecule has 9 aliphatic rings. The average molecular weight is 2060 g/mol. The summed E-state index contributed by atoms with van der Waals surface area (Å²) in [4.78, 5) is 54.3. The van der Waals surface area contributed by atoms with Crippen LogP contribution in [-0.2, 0) is 0 Å². The Labute approximate surface area is 880 Å². The largest absolute Gasteiger partial charge is 0.434 e. The highest BCUT2D eigenvalue weighted by atomic mass is 32.2. The standard InChI is InChI=1S/C120H124N8O8S8/c1-5-9-13-17-21-25-29-33-37-49-73-77-61-81-75(51-39-35-31-27-23-19-15-11-7-3)83-63-79-74(50-38-34-30-26-22-18-14-10-6-2)80-64-84-76(52-40-36-32-28-24-20-16-12-8-4)82-62-78(73)94-70-98(82)134-114-116(128-92-68-108-106(66-90(92)126-114)142-120(144-108)118-139-103-59-47-48-60-104(103)140-118)136-100(84)72-96(80)132-112-111(123-87-55-43-44-56-88(87)124-112)131-95(79)71-99(83)135-115-113(133-97(81)69-93(77)129-109-110(130-94)122-86-54-42-41-53-85(86)121-109)125-89-65-105-107(67-91(89)127-115)143-119(141-105)117-137-101-57-45-46-58-102(101)138-117/h41-48,53-76H,5-40,49-52H2,1-4H3. The van der Waals surface area contributed by atoms with E-state index < -0.39 is 23.7 Å². The monoisotopic (exact) mass is 2060 g/mol. The third kappa shape index (κ3) is 21.4. The van der Waals surface area contributed by atoms with Gasteiger partial charge in [-0.2, -0.15) is 0 Å². The van der Waals surface area contributed by atoms with Crippen LogP contribution in [0.1, 0.15) is 353 Å². The molecule has 8 aliphatic heterocycles. The van der Waals surface area contributed by atoms with Gasteiger partial charge in [0.15, 0.2) is 0 Å². The highest BCUT2D eigenvalue weighted by Gasteiger charge is 2.42. The maximum absolute atomic E-state index is 7.94. The van der Waals surface area contributed by atoms with Gasteiger partial charge in [-0.15, -0.1) is 0 Å². The van der Waals surface area contributed by atoms with E-state index in [1.54, 1.807) is 47.0 Å². The average Bonchev–Trinajstić information content (AvgIpc) is 1.53. The number of unbranched alkanes of at least 4 members (excludes halogenated alkanes) is 32. The van der Waals surface area contributed by atoms with E-state index >= 15 is 0 Å². The minimum Gasteiger partial charge on any atom is -0.434 e. The molecule has 12 heterocycles. The molecular formula is C120H124N8O8S8. The van der Waals surface area contributed by atoms with Crippen LogP contribution in [0.25, 0.3) is 44.1 Å². The Hall–Kier alpha value is -9.76. The molecule has 1 aliphatic carbocycles. The number of aromatic nitrogens is 8. The number of benzene rings is 10. The van der Waals surface area contributed by atoms with Crippen molar-refractivity contribution < 1.29 is 37.9 Å². The van der Waals surface area contributed by atoms with Gasteiger partial charge in [-0.1, -0.05) is 401 Å². The van der Waals surface area contributed by atoms with E-state index in [1.807, 2.05) is 95.6 Å². The van der Waals surface area contributed by atoms with Gasteiger partial charge in [0.1, 0.15) is 46.0 Å². The number of nitrogens with zero attached hydrogens (tertiary/aromatic N) is 8. The molecule has 0 atom stereocenters. The molecule has 0 N–H and O–H groups in total. The fourth-order valence-corrected chi connectivity index (χ4v) is 32.6. The van der Waals surface area contributed by atoms with Crippen molar-refractivity contribution in [1.29, 1.82) is 0 Å². The third-order valence-corrected chi connectivity index (χ3v) is 40.8. The molecule has 740 valence electrons. The van der Waals surface area contributed by atoms with E-state index in [1.165, 1.54) is 191 Å². The van der Waals surface area contributed by atoms with Crippen molar-refractivity contribution in [2.24, 2.45) is 0 Å². The van der Waals surface area contributed by atoms with Gasteiger partial charge < -0.3 is 37.9 Å². The molecule has 23 rings (SSSR count). The Balaban J connectivity index is 0.787. The number of rotatable bonds is 40. The molecular weight excluding hydrogens is 1940 g/mol. The summed E-state index contributed by atoms with van der Waals surface area (Å²) in [6.07, 6.45) is 44.7. The summed E-state index contributed by atoms with van der Waals surface area (Å²) in [5, 5.41) is 0. The molecule has 24 heteroatoms. The van der Waals surface area contributed by atoms with Crippen LogP contribution in [0.2, 0.25) is 0 Å². The van der Waals surface area contributed by atoms with E-state index in [2.05, 4.69) is 149 Å². The quantitative estimate of drug-likeness (QED) is 0.0331. The van der Waals surface area contributed by atoms with Gasteiger partial charge in [0, 0.05) is 132 Å².